The summed E-state index contributed by atoms with van der Waals surface area (Å²) in [5.74, 6) is -0.270. The van der Waals surface area contributed by atoms with Gasteiger partial charge in [0.1, 0.15) is 0 Å². The van der Waals surface area contributed by atoms with Crippen LogP contribution in [-0.4, -0.2) is 5.91 Å². The zero-order valence-electron chi connectivity index (χ0n) is 10.0. The first-order chi connectivity index (χ1) is 8.99. The van der Waals surface area contributed by atoms with Gasteiger partial charge in [-0.15, -0.1) is 0 Å². The SMILES string of the molecule is Cc1ccc(C(=O)Nc2cccc(Cl)c2Br)c(Cl)c1. The Morgan fingerprint density at radius 1 is 1.16 bits per heavy atom. The van der Waals surface area contributed by atoms with Crippen LogP contribution in [0.3, 0.4) is 0 Å². The minimum atomic E-state index is -0.270. The Kier molecular flexibility index (Phi) is 4.50. The Morgan fingerprint density at radius 2 is 1.89 bits per heavy atom. The van der Waals surface area contributed by atoms with Crippen molar-refractivity contribution in [1.82, 2.24) is 0 Å². The Labute approximate surface area is 129 Å². The van der Waals surface area contributed by atoms with Crippen LogP contribution in [-0.2, 0) is 0 Å². The van der Waals surface area contributed by atoms with E-state index >= 15 is 0 Å². The molecular formula is C14H10BrCl2NO. The Hall–Kier alpha value is -1.03. The van der Waals surface area contributed by atoms with Gasteiger partial charge in [0.05, 0.1) is 25.8 Å². The molecule has 5 heteroatoms. The molecule has 0 atom stereocenters. The molecule has 0 aromatic heterocycles. The molecule has 2 aromatic carbocycles. The zero-order chi connectivity index (χ0) is 14.0. The normalized spacial score (nSPS) is 10.3. The zero-order valence-corrected chi connectivity index (χ0v) is 13.1. The quantitative estimate of drug-likeness (QED) is 0.773. The molecule has 0 radical (unpaired) electrons. The maximum atomic E-state index is 12.2. The smallest absolute Gasteiger partial charge is 0.257 e. The van der Waals surface area contributed by atoms with Crippen LogP contribution in [0.25, 0.3) is 0 Å². The molecule has 0 bridgehead atoms. The number of aryl methyl sites for hydroxylation is 1. The van der Waals surface area contributed by atoms with Crippen molar-refractivity contribution in [2.45, 2.75) is 6.92 Å². The van der Waals surface area contributed by atoms with Gasteiger partial charge < -0.3 is 5.32 Å². The first kappa shape index (κ1) is 14.4. The van der Waals surface area contributed by atoms with E-state index in [-0.39, 0.29) is 5.91 Å². The third kappa shape index (κ3) is 3.30. The summed E-state index contributed by atoms with van der Waals surface area (Å²) < 4.78 is 0.647. The fraction of sp³-hybridized carbons (Fsp3) is 0.0714. The molecule has 0 aliphatic rings. The number of carbonyl (C=O) groups is 1. The molecule has 98 valence electrons. The lowest BCUT2D eigenvalue weighted by molar-refractivity contribution is 0.102. The molecule has 0 fully saturated rings. The van der Waals surface area contributed by atoms with E-state index in [9.17, 15) is 4.79 Å². The fourth-order valence-electron chi connectivity index (χ4n) is 1.59. The first-order valence-electron chi connectivity index (χ1n) is 5.50. The van der Waals surface area contributed by atoms with Crippen molar-refractivity contribution in [2.75, 3.05) is 5.32 Å². The maximum Gasteiger partial charge on any atom is 0.257 e. The highest BCUT2D eigenvalue weighted by Gasteiger charge is 2.12. The molecular weight excluding hydrogens is 349 g/mol. The van der Waals surface area contributed by atoms with E-state index in [4.69, 9.17) is 23.2 Å². The van der Waals surface area contributed by atoms with E-state index in [0.29, 0.717) is 25.8 Å². The van der Waals surface area contributed by atoms with Gasteiger partial charge in [-0.2, -0.15) is 0 Å². The van der Waals surface area contributed by atoms with Crippen molar-refractivity contribution in [3.05, 3.63) is 62.0 Å². The molecule has 1 amide bonds. The number of anilines is 1. The van der Waals surface area contributed by atoms with Gasteiger partial charge in [0.25, 0.3) is 5.91 Å². The topological polar surface area (TPSA) is 29.1 Å². The van der Waals surface area contributed by atoms with E-state index < -0.39 is 0 Å². The summed E-state index contributed by atoms with van der Waals surface area (Å²) in [6.07, 6.45) is 0. The molecule has 0 unspecified atom stereocenters. The van der Waals surface area contributed by atoms with Gasteiger partial charge >= 0.3 is 0 Å². The lowest BCUT2D eigenvalue weighted by Gasteiger charge is -2.09. The summed E-state index contributed by atoms with van der Waals surface area (Å²) >= 11 is 15.4. The summed E-state index contributed by atoms with van der Waals surface area (Å²) in [6.45, 7) is 1.92. The molecule has 0 aliphatic heterocycles. The van der Waals surface area contributed by atoms with E-state index in [2.05, 4.69) is 21.2 Å². The Balaban J connectivity index is 2.28. The summed E-state index contributed by atoms with van der Waals surface area (Å²) in [4.78, 5) is 12.2. The number of hydrogen-bond acceptors (Lipinski definition) is 1. The molecule has 0 saturated heterocycles. The van der Waals surface area contributed by atoms with E-state index in [0.717, 1.165) is 5.56 Å². The van der Waals surface area contributed by atoms with Crippen molar-refractivity contribution in [3.63, 3.8) is 0 Å². The summed E-state index contributed by atoms with van der Waals surface area (Å²) in [7, 11) is 0. The van der Waals surface area contributed by atoms with Crippen LogP contribution in [0, 0.1) is 6.92 Å². The van der Waals surface area contributed by atoms with Crippen molar-refractivity contribution < 1.29 is 4.79 Å². The number of hydrogen-bond donors (Lipinski definition) is 1. The lowest BCUT2D eigenvalue weighted by atomic mass is 10.1. The minimum absolute atomic E-state index is 0.270. The van der Waals surface area contributed by atoms with Gasteiger partial charge in [0.15, 0.2) is 0 Å². The second kappa shape index (κ2) is 5.95. The Morgan fingerprint density at radius 3 is 2.58 bits per heavy atom. The number of benzene rings is 2. The summed E-state index contributed by atoms with van der Waals surface area (Å²) in [5, 5.41) is 3.73. The number of amides is 1. The van der Waals surface area contributed by atoms with Crippen LogP contribution in [0.1, 0.15) is 15.9 Å². The number of halogens is 3. The molecule has 2 nitrogen and oxygen atoms in total. The van der Waals surface area contributed by atoms with Crippen molar-refractivity contribution in [2.24, 2.45) is 0 Å². The molecule has 1 N–H and O–H groups in total. The molecule has 0 spiro atoms. The molecule has 2 aromatic rings. The predicted octanol–water partition coefficient (Wildman–Crippen LogP) is 5.32. The summed E-state index contributed by atoms with van der Waals surface area (Å²) in [6, 6.07) is 10.6. The predicted molar refractivity (Wildman–Crippen MR) is 83.3 cm³/mol. The maximum absolute atomic E-state index is 12.2. The van der Waals surface area contributed by atoms with Crippen molar-refractivity contribution >= 4 is 50.7 Å². The fourth-order valence-corrected chi connectivity index (χ4v) is 2.45. The molecule has 2 rings (SSSR count). The first-order valence-corrected chi connectivity index (χ1v) is 7.05. The summed E-state index contributed by atoms with van der Waals surface area (Å²) in [5.41, 5.74) is 2.04. The monoisotopic (exact) mass is 357 g/mol. The average molecular weight is 359 g/mol. The van der Waals surface area contributed by atoms with E-state index in [1.807, 2.05) is 13.0 Å². The average Bonchev–Trinajstić information content (AvgIpc) is 2.34. The van der Waals surface area contributed by atoms with Gasteiger partial charge in [-0.05, 0) is 52.7 Å². The highest BCUT2D eigenvalue weighted by molar-refractivity contribution is 9.10. The Bertz CT molecular complexity index is 643. The highest BCUT2D eigenvalue weighted by Crippen LogP contribution is 2.30. The molecule has 19 heavy (non-hydrogen) atoms. The van der Waals surface area contributed by atoms with Crippen LogP contribution in [0.15, 0.2) is 40.9 Å². The van der Waals surface area contributed by atoms with Crippen molar-refractivity contribution in [1.29, 1.82) is 0 Å². The van der Waals surface area contributed by atoms with Gasteiger partial charge in [-0.3, -0.25) is 4.79 Å². The number of nitrogens with one attached hydrogen (secondary N) is 1. The van der Waals surface area contributed by atoms with E-state index in [1.165, 1.54) is 0 Å². The van der Waals surface area contributed by atoms with Gasteiger partial charge in [0.2, 0.25) is 0 Å². The van der Waals surface area contributed by atoms with Gasteiger partial charge in [-0.1, -0.05) is 35.3 Å². The van der Waals surface area contributed by atoms with E-state index in [1.54, 1.807) is 30.3 Å². The second-order valence-corrected chi connectivity index (χ2v) is 5.65. The van der Waals surface area contributed by atoms with Crippen LogP contribution in [0.2, 0.25) is 10.0 Å². The van der Waals surface area contributed by atoms with Crippen LogP contribution in [0.5, 0.6) is 0 Å². The largest absolute Gasteiger partial charge is 0.321 e. The molecule has 0 heterocycles. The molecule has 0 saturated carbocycles. The lowest BCUT2D eigenvalue weighted by Crippen LogP contribution is -2.13. The highest BCUT2D eigenvalue weighted by atomic mass is 79.9. The second-order valence-electron chi connectivity index (χ2n) is 4.04. The van der Waals surface area contributed by atoms with Gasteiger partial charge in [-0.25, -0.2) is 0 Å². The van der Waals surface area contributed by atoms with Gasteiger partial charge in [0, 0.05) is 0 Å². The van der Waals surface area contributed by atoms with Crippen molar-refractivity contribution in [3.8, 4) is 0 Å². The number of rotatable bonds is 2. The minimum Gasteiger partial charge on any atom is -0.321 e. The van der Waals surface area contributed by atoms with Crippen LogP contribution in [0.4, 0.5) is 5.69 Å². The standard InChI is InChI=1S/C14H10BrCl2NO/c1-8-5-6-9(11(17)7-8)14(19)18-12-4-2-3-10(16)13(12)15/h2-7H,1H3,(H,18,19). The third-order valence-electron chi connectivity index (χ3n) is 2.57. The van der Waals surface area contributed by atoms with Crippen LogP contribution < -0.4 is 5.32 Å². The van der Waals surface area contributed by atoms with Crippen LogP contribution >= 0.6 is 39.1 Å². The molecule has 0 aliphatic carbocycles. The number of carbonyl (C=O) groups excluding carboxylic acids is 1. The third-order valence-corrected chi connectivity index (χ3v) is 4.28.